The van der Waals surface area contributed by atoms with Crippen molar-refractivity contribution in [2.24, 2.45) is 0 Å². The highest BCUT2D eigenvalue weighted by Crippen LogP contribution is 2.31. The Morgan fingerprint density at radius 3 is 2.46 bits per heavy atom. The van der Waals surface area contributed by atoms with Gasteiger partial charge in [0.15, 0.2) is 0 Å². The minimum Gasteiger partial charge on any atom is -0.382 e. The van der Waals surface area contributed by atoms with Gasteiger partial charge in [-0.3, -0.25) is 14.7 Å². The number of nitriles is 1. The van der Waals surface area contributed by atoms with Gasteiger partial charge in [-0.25, -0.2) is 0 Å². The molecule has 2 saturated heterocycles. The van der Waals surface area contributed by atoms with Gasteiger partial charge in [-0.15, -0.1) is 0 Å². The Labute approximate surface area is 268 Å². The number of nitrogens with zero attached hydrogens (tertiary/aromatic N) is 6. The van der Waals surface area contributed by atoms with Crippen LogP contribution in [0.2, 0.25) is 0 Å². The molecule has 2 fully saturated rings. The van der Waals surface area contributed by atoms with Gasteiger partial charge in [-0.05, 0) is 70.0 Å². The molecule has 3 aromatic rings. The highest BCUT2D eigenvalue weighted by Gasteiger charge is 2.30. The van der Waals surface area contributed by atoms with Crippen LogP contribution in [0, 0.1) is 23.2 Å². The molecule has 5 rings (SSSR count). The SMILES string of the molecule is CN1CCN(C(=O)CN2CCC(Nc3cccc4c3cc(C#CCNc3ccc(C(C)(C)C#N)nc3)n4CC(F)(F)F)CC2)CC1. The van der Waals surface area contributed by atoms with Crippen LogP contribution in [0.1, 0.15) is 38.1 Å². The molecule has 0 bridgehead atoms. The zero-order valence-corrected chi connectivity index (χ0v) is 26.6. The number of amides is 1. The molecule has 9 nitrogen and oxygen atoms in total. The first kappa shape index (κ1) is 33.1. The molecular weight excluding hydrogens is 593 g/mol. The summed E-state index contributed by atoms with van der Waals surface area (Å²) in [5.74, 6) is 6.06. The van der Waals surface area contributed by atoms with Crippen LogP contribution in [0.15, 0.2) is 42.6 Å². The lowest BCUT2D eigenvalue weighted by atomic mass is 9.91. The maximum absolute atomic E-state index is 13.7. The van der Waals surface area contributed by atoms with E-state index in [9.17, 15) is 23.2 Å². The summed E-state index contributed by atoms with van der Waals surface area (Å²) < 4.78 is 42.2. The first-order valence-corrected chi connectivity index (χ1v) is 15.7. The van der Waals surface area contributed by atoms with Crippen LogP contribution >= 0.6 is 0 Å². The standard InChI is InChI=1S/C34H41F3N8O/c1-33(2,23-38)31-10-9-26(21-40-31)39-13-5-6-27-20-28-29(7-4-8-30(28)45(27)24-34(35,36)37)41-25-11-14-43(15-12-25)22-32(46)44-18-16-42(3)17-19-44/h4,7-10,20-21,25,39,41H,11-19,22,24H2,1-3H3. The smallest absolute Gasteiger partial charge is 0.382 e. The molecule has 0 spiro atoms. The maximum atomic E-state index is 13.7. The van der Waals surface area contributed by atoms with Gasteiger partial charge < -0.3 is 25.0 Å². The molecule has 2 aliphatic rings. The van der Waals surface area contributed by atoms with Crippen molar-refractivity contribution in [2.45, 2.75) is 50.9 Å². The number of likely N-dealkylation sites (tertiary alicyclic amines) is 1. The second kappa shape index (κ2) is 14.0. The average molecular weight is 635 g/mol. The summed E-state index contributed by atoms with van der Waals surface area (Å²) in [4.78, 5) is 23.5. The Kier molecular flexibility index (Phi) is 10.1. The summed E-state index contributed by atoms with van der Waals surface area (Å²) >= 11 is 0. The first-order valence-electron chi connectivity index (χ1n) is 15.7. The molecular formula is C34H41F3N8O. The molecule has 1 amide bonds. The Morgan fingerprint density at radius 1 is 1.07 bits per heavy atom. The summed E-state index contributed by atoms with van der Waals surface area (Å²) in [5, 5.41) is 16.7. The lowest BCUT2D eigenvalue weighted by Gasteiger charge is -2.36. The van der Waals surface area contributed by atoms with Crippen molar-refractivity contribution in [1.29, 1.82) is 5.26 Å². The second-order valence-corrected chi connectivity index (χ2v) is 12.7. The monoisotopic (exact) mass is 634 g/mol. The van der Waals surface area contributed by atoms with Crippen LogP contribution in [0.5, 0.6) is 0 Å². The van der Waals surface area contributed by atoms with E-state index in [-0.39, 0.29) is 24.2 Å². The Balaban J connectivity index is 1.24. The second-order valence-electron chi connectivity index (χ2n) is 12.7. The number of hydrogen-bond acceptors (Lipinski definition) is 7. The van der Waals surface area contributed by atoms with Crippen LogP contribution < -0.4 is 10.6 Å². The predicted molar refractivity (Wildman–Crippen MR) is 173 cm³/mol. The number of fused-ring (bicyclic) bond motifs is 1. The van der Waals surface area contributed by atoms with E-state index < -0.39 is 18.1 Å². The van der Waals surface area contributed by atoms with Crippen molar-refractivity contribution in [3.05, 3.63) is 54.0 Å². The molecule has 0 aliphatic carbocycles. The number of rotatable bonds is 8. The Hall–Kier alpha value is -4.26. The third-order valence-electron chi connectivity index (χ3n) is 8.73. The number of nitrogens with one attached hydrogen (secondary N) is 2. The van der Waals surface area contributed by atoms with Gasteiger partial charge in [-0.1, -0.05) is 12.0 Å². The van der Waals surface area contributed by atoms with Crippen molar-refractivity contribution >= 4 is 28.2 Å². The van der Waals surface area contributed by atoms with E-state index >= 15 is 0 Å². The number of carbonyl (C=O) groups is 1. The van der Waals surface area contributed by atoms with Crippen LogP contribution in [0.4, 0.5) is 24.5 Å². The molecule has 2 aliphatic heterocycles. The molecule has 244 valence electrons. The maximum Gasteiger partial charge on any atom is 0.406 e. The number of hydrogen-bond donors (Lipinski definition) is 2. The summed E-state index contributed by atoms with van der Waals surface area (Å²) in [6.07, 6.45) is -1.14. The normalized spacial score (nSPS) is 16.9. The fourth-order valence-corrected chi connectivity index (χ4v) is 5.87. The molecule has 46 heavy (non-hydrogen) atoms. The van der Waals surface area contributed by atoms with Crippen molar-refractivity contribution in [3.8, 4) is 17.9 Å². The summed E-state index contributed by atoms with van der Waals surface area (Å²) in [6, 6.07) is 13.0. The molecule has 2 aromatic heterocycles. The molecule has 0 saturated carbocycles. The first-order chi connectivity index (χ1) is 21.9. The fourth-order valence-electron chi connectivity index (χ4n) is 5.87. The van der Waals surface area contributed by atoms with E-state index in [1.54, 1.807) is 50.4 Å². The minimum absolute atomic E-state index is 0.143. The average Bonchev–Trinajstić information content (AvgIpc) is 3.37. The van der Waals surface area contributed by atoms with E-state index in [2.05, 4.69) is 50.4 Å². The van der Waals surface area contributed by atoms with E-state index in [1.807, 2.05) is 11.0 Å². The topological polar surface area (TPSA) is 92.5 Å². The number of piperidine rings is 1. The van der Waals surface area contributed by atoms with Gasteiger partial charge >= 0.3 is 6.18 Å². The van der Waals surface area contributed by atoms with Gasteiger partial charge in [-0.2, -0.15) is 18.4 Å². The van der Waals surface area contributed by atoms with Crippen molar-refractivity contribution < 1.29 is 18.0 Å². The van der Waals surface area contributed by atoms with Crippen LogP contribution in [0.3, 0.4) is 0 Å². The van der Waals surface area contributed by atoms with Crippen LogP contribution in [-0.4, -0.2) is 102 Å². The number of anilines is 2. The fraction of sp³-hybridized carbons (Fsp3) is 0.500. The highest BCUT2D eigenvalue weighted by atomic mass is 19.4. The number of alkyl halides is 3. The predicted octanol–water partition coefficient (Wildman–Crippen LogP) is 4.51. The summed E-state index contributed by atoms with van der Waals surface area (Å²) in [7, 11) is 2.07. The Morgan fingerprint density at radius 2 is 1.80 bits per heavy atom. The lowest BCUT2D eigenvalue weighted by molar-refractivity contribution is -0.140. The van der Waals surface area contributed by atoms with E-state index in [0.717, 1.165) is 57.8 Å². The van der Waals surface area contributed by atoms with E-state index in [0.29, 0.717) is 28.8 Å². The zero-order chi connectivity index (χ0) is 32.9. The van der Waals surface area contributed by atoms with Crippen LogP contribution in [-0.2, 0) is 16.8 Å². The third-order valence-corrected chi connectivity index (χ3v) is 8.73. The van der Waals surface area contributed by atoms with Crippen LogP contribution in [0.25, 0.3) is 10.9 Å². The summed E-state index contributed by atoms with van der Waals surface area (Å²) in [5.41, 5.74) is 2.16. The number of aromatic nitrogens is 2. The number of carbonyl (C=O) groups excluding carboxylic acids is 1. The number of benzene rings is 1. The molecule has 0 unspecified atom stereocenters. The molecule has 12 heteroatoms. The van der Waals surface area contributed by atoms with Crippen molar-refractivity contribution in [2.75, 3.05) is 70.0 Å². The van der Waals surface area contributed by atoms with Crippen molar-refractivity contribution in [3.63, 3.8) is 0 Å². The number of piperazine rings is 1. The van der Waals surface area contributed by atoms with Gasteiger partial charge in [0.2, 0.25) is 5.91 Å². The quantitative estimate of drug-likeness (QED) is 0.353. The van der Waals surface area contributed by atoms with E-state index in [4.69, 9.17) is 0 Å². The van der Waals surface area contributed by atoms with Crippen molar-refractivity contribution in [1.82, 2.24) is 24.3 Å². The molecule has 1 aromatic carbocycles. The molecule has 0 atom stereocenters. The molecule has 4 heterocycles. The largest absolute Gasteiger partial charge is 0.406 e. The van der Waals surface area contributed by atoms with Gasteiger partial charge in [0.25, 0.3) is 0 Å². The minimum atomic E-state index is -4.41. The highest BCUT2D eigenvalue weighted by molar-refractivity contribution is 5.94. The molecule has 2 N–H and O–H groups in total. The number of halogens is 3. The van der Waals surface area contributed by atoms with E-state index in [1.165, 1.54) is 4.57 Å². The van der Waals surface area contributed by atoms with Gasteiger partial charge in [0.1, 0.15) is 6.54 Å². The Bertz CT molecular complexity index is 1610. The zero-order valence-electron chi connectivity index (χ0n) is 26.6. The summed E-state index contributed by atoms with van der Waals surface area (Å²) in [6.45, 7) is 7.95. The lowest BCUT2D eigenvalue weighted by Crippen LogP contribution is -2.51. The number of likely N-dealkylation sites (N-methyl/N-ethyl adjacent to an activating group) is 1. The van der Waals surface area contributed by atoms with Gasteiger partial charge in [0.05, 0.1) is 53.4 Å². The third kappa shape index (κ3) is 8.31. The van der Waals surface area contributed by atoms with Gasteiger partial charge in [0, 0.05) is 56.4 Å². The number of pyridine rings is 1. The molecule has 0 radical (unpaired) electrons.